The summed E-state index contributed by atoms with van der Waals surface area (Å²) in [5.41, 5.74) is 0. The molecule has 0 spiro atoms. The molecule has 0 aromatic carbocycles. The third kappa shape index (κ3) is 72.0. The van der Waals surface area contributed by atoms with Gasteiger partial charge in [-0.05, 0) is 0 Å². The van der Waals surface area contributed by atoms with Crippen LogP contribution in [-0.4, -0.2) is 11.3 Å². The van der Waals surface area contributed by atoms with Gasteiger partial charge in [0.2, 0.25) is 6.16 Å². The van der Waals surface area contributed by atoms with E-state index in [1.807, 2.05) is 0 Å². The van der Waals surface area contributed by atoms with E-state index in [2.05, 4.69) is 0 Å². The van der Waals surface area contributed by atoms with Crippen LogP contribution in [-0.2, 0) is 0 Å². The fraction of sp³-hybridized carbons (Fsp3) is 0. The molecule has 1 N–H and O–H groups in total. The van der Waals surface area contributed by atoms with E-state index in [1.54, 1.807) is 0 Å². The molecule has 0 fully saturated rings. The van der Waals surface area contributed by atoms with Gasteiger partial charge in [-0.15, -0.1) is 0 Å². The Balaban J connectivity index is -0.0000000150. The van der Waals surface area contributed by atoms with Gasteiger partial charge >= 0.3 is 59.1 Å². The largest absolute Gasteiger partial charge is 1.00 e. The van der Waals surface area contributed by atoms with Gasteiger partial charge in [0, 0.05) is 0 Å². The summed E-state index contributed by atoms with van der Waals surface area (Å²) in [5.74, 6) is 0. The molecule has 0 radical (unpaired) electrons. The number of halogens is 1. The van der Waals surface area contributed by atoms with Crippen LogP contribution in [0.1, 0.15) is 0 Å². The van der Waals surface area contributed by atoms with Gasteiger partial charge in [0.25, 0.3) is 0 Å². The first-order valence-electron chi connectivity index (χ1n) is 0.632. The molecular weight excluding hydrogens is 233 g/mol. The second-order valence-corrected chi connectivity index (χ2v) is 0.266. The van der Waals surface area contributed by atoms with E-state index in [0.29, 0.717) is 0 Å². The van der Waals surface area contributed by atoms with Crippen molar-refractivity contribution in [1.29, 1.82) is 0 Å². The van der Waals surface area contributed by atoms with Gasteiger partial charge < -0.3 is 39.0 Å². The molecular formula is CHINa2O3. The van der Waals surface area contributed by atoms with E-state index in [0.717, 1.165) is 0 Å². The Morgan fingerprint density at radius 2 is 1.43 bits per heavy atom. The van der Waals surface area contributed by atoms with Gasteiger partial charge in [-0.2, -0.15) is 0 Å². The predicted molar refractivity (Wildman–Crippen MR) is 8.02 cm³/mol. The maximum Gasteiger partial charge on any atom is 1.00 e. The zero-order valence-electron chi connectivity index (χ0n) is 4.14. The molecule has 3 nitrogen and oxygen atoms in total. The second kappa shape index (κ2) is 15.7. The maximum absolute atomic E-state index is 8.44. The van der Waals surface area contributed by atoms with Crippen molar-refractivity contribution in [2.45, 2.75) is 0 Å². The van der Waals surface area contributed by atoms with E-state index >= 15 is 0 Å². The third-order valence-electron chi connectivity index (χ3n) is 0. The van der Waals surface area contributed by atoms with Crippen LogP contribution in [0.4, 0.5) is 4.79 Å². The SMILES string of the molecule is O=C([O-])O.[I-].[Na+].[Na+]. The van der Waals surface area contributed by atoms with E-state index < -0.39 is 6.16 Å². The molecule has 0 unspecified atom stereocenters. The molecule has 0 aliphatic heterocycles. The van der Waals surface area contributed by atoms with Crippen molar-refractivity contribution in [3.8, 4) is 0 Å². The Morgan fingerprint density at radius 3 is 1.43 bits per heavy atom. The molecule has 0 aromatic heterocycles. The Bertz CT molecular complexity index is 35.9. The van der Waals surface area contributed by atoms with Crippen molar-refractivity contribution >= 4 is 6.16 Å². The van der Waals surface area contributed by atoms with Crippen LogP contribution in [0, 0.1) is 0 Å². The molecule has 6 heteroatoms. The summed E-state index contributed by atoms with van der Waals surface area (Å²) < 4.78 is 0. The molecule has 0 heterocycles. The Kier molecular flexibility index (Phi) is 51.6. The topological polar surface area (TPSA) is 60.4 Å². The predicted octanol–water partition coefficient (Wildman–Crippen LogP) is -10.1. The summed E-state index contributed by atoms with van der Waals surface area (Å²) in [7, 11) is 0. The van der Waals surface area contributed by atoms with Gasteiger partial charge in [0.15, 0.2) is 0 Å². The summed E-state index contributed by atoms with van der Waals surface area (Å²) in [6.07, 6.45) is -2.08. The van der Waals surface area contributed by atoms with Crippen molar-refractivity contribution in [1.82, 2.24) is 0 Å². The number of carbonyl (C=O) groups is 1. The first-order valence-corrected chi connectivity index (χ1v) is 0.632. The summed E-state index contributed by atoms with van der Waals surface area (Å²) in [5, 5.41) is 15.3. The van der Waals surface area contributed by atoms with E-state index in [1.165, 1.54) is 0 Å². The molecule has 0 saturated carbocycles. The summed E-state index contributed by atoms with van der Waals surface area (Å²) in [6, 6.07) is 0. The molecule has 0 atom stereocenters. The van der Waals surface area contributed by atoms with E-state index in [9.17, 15) is 0 Å². The quantitative estimate of drug-likeness (QED) is 0.334. The zero-order chi connectivity index (χ0) is 3.58. The molecule has 0 rings (SSSR count). The molecule has 0 saturated heterocycles. The second-order valence-electron chi connectivity index (χ2n) is 0.266. The van der Waals surface area contributed by atoms with Gasteiger partial charge in [-0.3, -0.25) is 0 Å². The van der Waals surface area contributed by atoms with Gasteiger partial charge in [0.05, 0.1) is 0 Å². The van der Waals surface area contributed by atoms with Crippen LogP contribution >= 0.6 is 0 Å². The molecule has 0 bridgehead atoms. The van der Waals surface area contributed by atoms with Crippen molar-refractivity contribution in [2.24, 2.45) is 0 Å². The van der Waals surface area contributed by atoms with Crippen molar-refractivity contribution in [2.75, 3.05) is 0 Å². The van der Waals surface area contributed by atoms with E-state index in [4.69, 9.17) is 15.0 Å². The van der Waals surface area contributed by atoms with Crippen LogP contribution < -0.4 is 88.2 Å². The Labute approximate surface area is 102 Å². The standard InChI is InChI=1S/CH2O3.HI.2Na/c2-1(3)4;;;/h(H2,2,3,4);1H;;/q;;2*+1/p-2. The maximum atomic E-state index is 8.44. The third-order valence-corrected chi connectivity index (χ3v) is 0. The minimum absolute atomic E-state index is 0. The molecule has 32 valence electrons. The van der Waals surface area contributed by atoms with Gasteiger partial charge in [-0.25, -0.2) is 0 Å². The monoisotopic (exact) mass is 234 g/mol. The average Bonchev–Trinajstić information content (AvgIpc) is 0.811. The fourth-order valence-corrected chi connectivity index (χ4v) is 0. The smallest absolute Gasteiger partial charge is 1.00 e. The molecule has 0 aliphatic carbocycles. The Morgan fingerprint density at radius 1 is 1.43 bits per heavy atom. The molecule has 0 aliphatic rings. The minimum Gasteiger partial charge on any atom is -1.00 e. The van der Waals surface area contributed by atoms with Gasteiger partial charge in [0.1, 0.15) is 0 Å². The van der Waals surface area contributed by atoms with E-state index in [-0.39, 0.29) is 83.1 Å². The number of rotatable bonds is 0. The molecule has 0 aromatic rings. The van der Waals surface area contributed by atoms with Crippen molar-refractivity contribution < 1.29 is 98.1 Å². The van der Waals surface area contributed by atoms with Crippen molar-refractivity contribution in [3.63, 3.8) is 0 Å². The summed E-state index contributed by atoms with van der Waals surface area (Å²) in [4.78, 5) is 8.44. The Hall–Kier alpha value is 2.00. The van der Waals surface area contributed by atoms with Crippen molar-refractivity contribution in [3.05, 3.63) is 0 Å². The minimum atomic E-state index is -2.08. The number of hydrogen-bond donors (Lipinski definition) is 1. The zero-order valence-corrected chi connectivity index (χ0v) is 10.3. The molecule has 0 amide bonds. The first kappa shape index (κ1) is 23.0. The number of hydrogen-bond acceptors (Lipinski definition) is 2. The molecule has 7 heavy (non-hydrogen) atoms. The van der Waals surface area contributed by atoms with Gasteiger partial charge in [-0.1, -0.05) is 0 Å². The number of carboxylic acid groups (broad SMARTS) is 2. The van der Waals surface area contributed by atoms with Crippen LogP contribution in [0.2, 0.25) is 0 Å². The van der Waals surface area contributed by atoms with Crippen LogP contribution in [0.15, 0.2) is 0 Å². The summed E-state index contributed by atoms with van der Waals surface area (Å²) >= 11 is 0. The average molecular weight is 234 g/mol. The fourth-order valence-electron chi connectivity index (χ4n) is 0. The van der Waals surface area contributed by atoms with Crippen LogP contribution in [0.5, 0.6) is 0 Å². The summed E-state index contributed by atoms with van der Waals surface area (Å²) in [6.45, 7) is 0. The van der Waals surface area contributed by atoms with Crippen LogP contribution in [0.3, 0.4) is 0 Å². The normalized spacial score (nSPS) is 3.43. The first-order chi connectivity index (χ1) is 1.73. The van der Waals surface area contributed by atoms with Crippen LogP contribution in [0.25, 0.3) is 0 Å².